The monoisotopic (exact) mass is 972 g/mol. The van der Waals surface area contributed by atoms with E-state index in [0.717, 1.165) is 107 Å². The van der Waals surface area contributed by atoms with E-state index in [1.54, 1.807) is 37.7 Å². The zero-order chi connectivity index (χ0) is 47.9. The smallest absolute Gasteiger partial charge is 0.270 e. The molecular weight excluding hydrogens is 924 g/mol. The first kappa shape index (κ1) is 47.5. The van der Waals surface area contributed by atoms with Crippen LogP contribution in [0, 0.1) is 27.2 Å². The van der Waals surface area contributed by atoms with Gasteiger partial charge in [-0.1, -0.05) is 24.3 Å². The minimum atomic E-state index is -0.417. The number of nitro groups is 2. The van der Waals surface area contributed by atoms with Crippen LogP contribution in [0.4, 0.5) is 40.1 Å². The Kier molecular flexibility index (Phi) is 14.9. The lowest BCUT2D eigenvalue weighted by Gasteiger charge is -2.34. The molecule has 0 radical (unpaired) electrons. The Morgan fingerprint density at radius 2 is 1.21 bits per heavy atom. The Labute approximate surface area is 405 Å². The summed E-state index contributed by atoms with van der Waals surface area (Å²) in [7, 11) is 5.96. The van der Waals surface area contributed by atoms with Gasteiger partial charge in [0.15, 0.2) is 0 Å². The molecule has 0 saturated carbocycles. The van der Waals surface area contributed by atoms with Crippen LogP contribution in [0.2, 0.25) is 5.28 Å². The second-order valence-electron chi connectivity index (χ2n) is 16.3. The van der Waals surface area contributed by atoms with E-state index in [9.17, 15) is 20.2 Å². The molecule has 2 aliphatic heterocycles. The lowest BCUT2D eigenvalue weighted by Crippen LogP contribution is -2.44. The van der Waals surface area contributed by atoms with Crippen LogP contribution in [-0.2, 0) is 0 Å². The molecule has 20 heteroatoms. The molecular formula is C48H49ClN12O5S2. The Bertz CT molecular complexity index is 3080. The van der Waals surface area contributed by atoms with Gasteiger partial charge < -0.3 is 35.4 Å². The molecule has 10 rings (SSSR count). The first-order valence-corrected chi connectivity index (χ1v) is 23.8. The molecule has 0 aliphatic carbocycles. The largest absolute Gasteiger partial charge is 0.495 e. The van der Waals surface area contributed by atoms with Crippen molar-refractivity contribution >= 4 is 94.8 Å². The van der Waals surface area contributed by atoms with E-state index in [4.69, 9.17) is 27.1 Å². The molecule has 4 aromatic carbocycles. The number of thiophene rings is 2. The maximum absolute atomic E-state index is 11.2. The predicted octanol–water partition coefficient (Wildman–Crippen LogP) is 10.0. The van der Waals surface area contributed by atoms with Gasteiger partial charge in [-0.15, -0.1) is 22.7 Å². The summed E-state index contributed by atoms with van der Waals surface area (Å²) in [4.78, 5) is 48.0. The molecule has 350 valence electrons. The highest BCUT2D eigenvalue weighted by Crippen LogP contribution is 2.36. The van der Waals surface area contributed by atoms with E-state index in [2.05, 4.69) is 85.2 Å². The number of piperazine rings is 2. The van der Waals surface area contributed by atoms with Crippen LogP contribution < -0.4 is 25.6 Å². The average Bonchev–Trinajstić information content (AvgIpc) is 3.97. The number of aryl methyl sites for hydroxylation is 1. The Hall–Kier alpha value is -7.03. The summed E-state index contributed by atoms with van der Waals surface area (Å²) in [6.07, 6.45) is 3.44. The van der Waals surface area contributed by atoms with Crippen molar-refractivity contribution < 1.29 is 14.6 Å². The molecule has 4 aromatic heterocycles. The van der Waals surface area contributed by atoms with Crippen molar-refractivity contribution in [2.45, 2.75) is 6.92 Å². The average molecular weight is 974 g/mol. The topological polar surface area (TPSA) is 198 Å². The molecule has 6 heterocycles. The lowest BCUT2D eigenvalue weighted by atomic mass is 10.1. The van der Waals surface area contributed by atoms with Crippen molar-refractivity contribution in [3.8, 4) is 28.0 Å². The molecule has 0 amide bonds. The van der Waals surface area contributed by atoms with Crippen LogP contribution in [0.25, 0.3) is 42.7 Å². The number of methoxy groups -OCH3 is 1. The fourth-order valence-corrected chi connectivity index (χ4v) is 9.69. The summed E-state index contributed by atoms with van der Waals surface area (Å²) >= 11 is 8.80. The van der Waals surface area contributed by atoms with Crippen LogP contribution in [0.5, 0.6) is 5.75 Å². The van der Waals surface area contributed by atoms with Gasteiger partial charge in [0.1, 0.15) is 5.75 Å². The van der Waals surface area contributed by atoms with Gasteiger partial charge in [-0.3, -0.25) is 20.2 Å². The molecule has 3 N–H and O–H groups in total. The van der Waals surface area contributed by atoms with Gasteiger partial charge >= 0.3 is 0 Å². The minimum absolute atomic E-state index is 0.0528. The zero-order valence-electron chi connectivity index (χ0n) is 37.8. The highest BCUT2D eigenvalue weighted by atomic mass is 35.5. The number of nitrogen functional groups attached to an aromatic ring is 1. The molecule has 17 nitrogen and oxygen atoms in total. The summed E-state index contributed by atoms with van der Waals surface area (Å²) in [5.74, 6) is 1.26. The van der Waals surface area contributed by atoms with Crippen molar-refractivity contribution in [2.75, 3.05) is 94.4 Å². The number of non-ortho nitro benzene ring substituents is 2. The Morgan fingerprint density at radius 3 is 1.74 bits per heavy atom. The number of anilines is 5. The minimum Gasteiger partial charge on any atom is -0.495 e. The summed E-state index contributed by atoms with van der Waals surface area (Å²) in [6, 6.07) is 25.5. The fourth-order valence-electron chi connectivity index (χ4n) is 7.81. The van der Waals surface area contributed by atoms with Crippen LogP contribution >= 0.6 is 34.3 Å². The van der Waals surface area contributed by atoms with Gasteiger partial charge in [-0.2, -0.15) is 0 Å². The number of nitrogens with one attached hydrogen (secondary N) is 1. The Balaban J connectivity index is 0.000000151. The first-order chi connectivity index (χ1) is 32.8. The third-order valence-electron chi connectivity index (χ3n) is 11.7. The zero-order valence-corrected chi connectivity index (χ0v) is 40.2. The maximum Gasteiger partial charge on any atom is 0.270 e. The number of hydrogen-bond acceptors (Lipinski definition) is 17. The number of likely N-dealkylation sites (N-methyl/N-ethyl adjacent to an activating group) is 2. The molecule has 2 aliphatic rings. The molecule has 0 spiro atoms. The molecule has 68 heavy (non-hydrogen) atoms. The summed E-state index contributed by atoms with van der Waals surface area (Å²) in [5, 5.41) is 29.4. The number of nitrogens with two attached hydrogens (primary N) is 1. The van der Waals surface area contributed by atoms with Gasteiger partial charge in [-0.25, -0.2) is 19.9 Å². The van der Waals surface area contributed by atoms with Gasteiger partial charge in [-0.05, 0) is 79.6 Å². The van der Waals surface area contributed by atoms with E-state index in [1.807, 2.05) is 35.0 Å². The number of halogens is 1. The number of nitro benzene ring substituents is 2. The number of hydrogen-bond donors (Lipinski definition) is 2. The lowest BCUT2D eigenvalue weighted by molar-refractivity contribution is -0.385. The van der Waals surface area contributed by atoms with Gasteiger partial charge in [0.25, 0.3) is 11.4 Å². The normalized spacial score (nSPS) is 14.2. The second kappa shape index (κ2) is 21.3. The number of benzene rings is 4. The fraction of sp³-hybridized carbons (Fsp3) is 0.250. The molecule has 0 unspecified atom stereocenters. The van der Waals surface area contributed by atoms with Crippen LogP contribution in [0.3, 0.4) is 0 Å². The van der Waals surface area contributed by atoms with E-state index in [-0.39, 0.29) is 21.6 Å². The van der Waals surface area contributed by atoms with Gasteiger partial charge in [0, 0.05) is 128 Å². The van der Waals surface area contributed by atoms with Gasteiger partial charge in [0.05, 0.1) is 49.3 Å². The van der Waals surface area contributed by atoms with Crippen molar-refractivity contribution in [1.82, 2.24) is 29.7 Å². The number of ether oxygens (including phenoxy) is 1. The molecule has 8 aromatic rings. The van der Waals surface area contributed by atoms with E-state index in [1.165, 1.54) is 52.2 Å². The van der Waals surface area contributed by atoms with Crippen LogP contribution in [-0.4, -0.2) is 113 Å². The van der Waals surface area contributed by atoms with E-state index in [0.29, 0.717) is 17.2 Å². The van der Waals surface area contributed by atoms with Gasteiger partial charge in [0.2, 0.25) is 11.2 Å². The SMILES string of the molecule is COc1cc(N2CCN(C)CC2)ccc1N.Cc1cc(N2CCN(C)CC2)ccc1Nc1ncc2scc(-c3cccc([N+](=O)[O-])c3)c2n1.O=[N+]([O-])c1cccc(-c2csc3cnc(Cl)nc23)c1. The predicted molar refractivity (Wildman–Crippen MR) is 275 cm³/mol. The molecule has 0 atom stereocenters. The second-order valence-corrected chi connectivity index (χ2v) is 18.5. The highest BCUT2D eigenvalue weighted by Gasteiger charge is 2.18. The highest BCUT2D eigenvalue weighted by molar-refractivity contribution is 7.18. The van der Waals surface area contributed by atoms with Crippen LogP contribution in [0.1, 0.15) is 5.56 Å². The quantitative estimate of drug-likeness (QED) is 0.0599. The third-order valence-corrected chi connectivity index (χ3v) is 13.7. The van der Waals surface area contributed by atoms with E-state index < -0.39 is 4.92 Å². The van der Waals surface area contributed by atoms with Crippen LogP contribution in [0.15, 0.2) is 108 Å². The standard InChI is InChI=1S/C24H24N6O2S.C12H6ClN3O2S.C12H19N3O/c1-16-12-18(29-10-8-28(2)9-11-29)6-7-21(16)26-24-25-14-22-23(27-24)20(15-33-22)17-4-3-5-19(13-17)30(31)32;13-12-14-5-10-11(15-12)9(6-19-10)7-2-1-3-8(4-7)16(17)18;1-14-5-7-15(8-6-14)10-3-4-11(13)12(9-10)16-2/h3-7,12-15H,8-11H2,1-2H3,(H,25,26,27);1-6H;3-4,9H,5-8,13H2,1-2H3. The number of aromatic nitrogens is 4. The van der Waals surface area contributed by atoms with E-state index >= 15 is 0 Å². The third kappa shape index (κ3) is 11.2. The summed E-state index contributed by atoms with van der Waals surface area (Å²) in [5.41, 5.74) is 15.8. The molecule has 0 bridgehead atoms. The molecule has 2 saturated heterocycles. The molecule has 2 fully saturated rings. The number of fused-ring (bicyclic) bond motifs is 2. The van der Waals surface area contributed by atoms with Crippen molar-refractivity contribution in [3.63, 3.8) is 0 Å². The number of rotatable bonds is 9. The van der Waals surface area contributed by atoms with Crippen molar-refractivity contribution in [2.24, 2.45) is 0 Å². The number of nitrogens with zero attached hydrogens (tertiary/aromatic N) is 10. The van der Waals surface area contributed by atoms with Crippen molar-refractivity contribution in [1.29, 1.82) is 0 Å². The Morgan fingerprint density at radius 1 is 0.691 bits per heavy atom. The first-order valence-electron chi connectivity index (χ1n) is 21.7. The summed E-state index contributed by atoms with van der Waals surface area (Å²) < 4.78 is 7.06. The summed E-state index contributed by atoms with van der Waals surface area (Å²) in [6.45, 7) is 10.6. The maximum atomic E-state index is 11.2. The van der Waals surface area contributed by atoms with Crippen molar-refractivity contribution in [3.05, 3.63) is 139 Å².